The molecule has 0 spiro atoms. The molecule has 0 aromatic heterocycles. The largest absolute Gasteiger partial charge is 0.335 e. The van der Waals surface area contributed by atoms with Gasteiger partial charge in [0.05, 0.1) is 24.3 Å². The van der Waals surface area contributed by atoms with Crippen LogP contribution in [-0.4, -0.2) is 27.9 Å². The first-order valence-electron chi connectivity index (χ1n) is 5.98. The van der Waals surface area contributed by atoms with Gasteiger partial charge in [0.2, 0.25) is 0 Å². The zero-order valence-electron chi connectivity index (χ0n) is 11.3. The zero-order valence-corrected chi connectivity index (χ0v) is 13.0. The fourth-order valence-electron chi connectivity index (χ4n) is 1.73. The summed E-state index contributed by atoms with van der Waals surface area (Å²) in [7, 11) is -6.67. The summed E-state index contributed by atoms with van der Waals surface area (Å²) < 4.78 is 46.2. The van der Waals surface area contributed by atoms with E-state index in [2.05, 4.69) is 0 Å². The minimum Gasteiger partial charge on any atom is -0.309 e. The maximum Gasteiger partial charge on any atom is 0.335 e. The van der Waals surface area contributed by atoms with Gasteiger partial charge < -0.3 is 9.05 Å². The summed E-state index contributed by atoms with van der Waals surface area (Å²) in [6.45, 7) is 3.93. The second-order valence-electron chi connectivity index (χ2n) is 3.98. The summed E-state index contributed by atoms with van der Waals surface area (Å²) in [5, 5.41) is 0. The minimum atomic E-state index is -3.37. The number of rotatable bonds is 7. The minimum absolute atomic E-state index is 0.0437. The Hall–Kier alpha value is -0.680. The van der Waals surface area contributed by atoms with Gasteiger partial charge in [-0.15, -0.1) is 0 Å². The van der Waals surface area contributed by atoms with Crippen LogP contribution in [0.5, 0.6) is 0 Å². The Labute approximate surface area is 114 Å². The van der Waals surface area contributed by atoms with Gasteiger partial charge in [-0.2, -0.15) is 0 Å². The lowest BCUT2D eigenvalue weighted by molar-refractivity contribution is 0.219. The van der Waals surface area contributed by atoms with Crippen molar-refractivity contribution in [1.29, 1.82) is 0 Å². The number of sulfone groups is 1. The molecule has 0 radical (unpaired) electrons. The zero-order chi connectivity index (χ0) is 14.5. The average molecular weight is 306 g/mol. The molecule has 0 amide bonds. The van der Waals surface area contributed by atoms with E-state index < -0.39 is 17.4 Å². The topological polar surface area (TPSA) is 69.7 Å². The Bertz CT molecular complexity index is 557. The van der Waals surface area contributed by atoms with Crippen LogP contribution in [0.15, 0.2) is 29.2 Å². The normalized spacial score (nSPS) is 12.6. The van der Waals surface area contributed by atoms with E-state index in [1.807, 2.05) is 0 Å². The van der Waals surface area contributed by atoms with E-state index in [4.69, 9.17) is 9.05 Å². The van der Waals surface area contributed by atoms with Crippen LogP contribution in [0, 0.1) is 0 Å². The lowest BCUT2D eigenvalue weighted by Gasteiger charge is -2.18. The van der Waals surface area contributed by atoms with E-state index in [1.54, 1.807) is 32.0 Å². The number of hydrogen-bond acceptors (Lipinski definition) is 5. The summed E-state index contributed by atoms with van der Waals surface area (Å²) in [5.74, 6) is 0. The first-order chi connectivity index (χ1) is 8.82. The molecular formula is C12H19O5PS. The molecule has 0 N–H and O–H groups in total. The van der Waals surface area contributed by atoms with Crippen molar-refractivity contribution in [2.24, 2.45) is 0 Å². The molecule has 1 aromatic rings. The van der Waals surface area contributed by atoms with Crippen LogP contribution in [0.1, 0.15) is 19.4 Å². The molecule has 108 valence electrons. The van der Waals surface area contributed by atoms with E-state index in [-0.39, 0.29) is 24.3 Å². The van der Waals surface area contributed by atoms with Crippen LogP contribution < -0.4 is 0 Å². The van der Waals surface area contributed by atoms with E-state index in [9.17, 15) is 13.0 Å². The van der Waals surface area contributed by atoms with E-state index in [1.165, 1.54) is 6.07 Å². The quantitative estimate of drug-likeness (QED) is 0.724. The van der Waals surface area contributed by atoms with Crippen molar-refractivity contribution in [2.45, 2.75) is 24.9 Å². The third-order valence-corrected chi connectivity index (χ3v) is 5.62. The summed E-state index contributed by atoms with van der Waals surface area (Å²) in [4.78, 5) is 0.162. The molecule has 0 fully saturated rings. The monoisotopic (exact) mass is 306 g/mol. The van der Waals surface area contributed by atoms with Gasteiger partial charge in [-0.25, -0.2) is 8.42 Å². The Kier molecular flexibility index (Phi) is 5.74. The second-order valence-corrected chi connectivity index (χ2v) is 8.02. The van der Waals surface area contributed by atoms with Crippen molar-refractivity contribution in [2.75, 3.05) is 19.5 Å². The van der Waals surface area contributed by atoms with Crippen LogP contribution in [0.3, 0.4) is 0 Å². The molecule has 0 saturated heterocycles. The van der Waals surface area contributed by atoms with Crippen molar-refractivity contribution in [3.8, 4) is 0 Å². The van der Waals surface area contributed by atoms with Gasteiger partial charge in [0.1, 0.15) is 0 Å². The fourth-order valence-corrected chi connectivity index (χ4v) is 4.51. The van der Waals surface area contributed by atoms with Crippen LogP contribution >= 0.6 is 7.60 Å². The fraction of sp³-hybridized carbons (Fsp3) is 0.500. The predicted molar refractivity (Wildman–Crippen MR) is 74.1 cm³/mol. The third-order valence-electron chi connectivity index (χ3n) is 2.39. The first-order valence-corrected chi connectivity index (χ1v) is 9.60. The first kappa shape index (κ1) is 16.4. The summed E-state index contributed by atoms with van der Waals surface area (Å²) >= 11 is 0. The molecule has 7 heteroatoms. The molecule has 0 aliphatic rings. The number of benzene rings is 1. The molecule has 0 saturated carbocycles. The van der Waals surface area contributed by atoms with Gasteiger partial charge in [0.15, 0.2) is 9.84 Å². The molecule has 5 nitrogen and oxygen atoms in total. The number of hydrogen-bond donors (Lipinski definition) is 0. The molecule has 1 aromatic carbocycles. The van der Waals surface area contributed by atoms with Crippen molar-refractivity contribution in [1.82, 2.24) is 0 Å². The SMILES string of the molecule is CCOP(=O)(Cc1ccccc1S(C)(=O)=O)OCC. The summed E-state index contributed by atoms with van der Waals surface area (Å²) in [6.07, 6.45) is 1.08. The Morgan fingerprint density at radius 3 is 2.11 bits per heavy atom. The van der Waals surface area contributed by atoms with Gasteiger partial charge in [-0.05, 0) is 25.5 Å². The highest BCUT2D eigenvalue weighted by atomic mass is 32.2. The highest BCUT2D eigenvalue weighted by Crippen LogP contribution is 2.51. The molecule has 0 unspecified atom stereocenters. The molecule has 0 bridgehead atoms. The standard InChI is InChI=1S/C12H19O5PS/c1-4-16-18(13,17-5-2)10-11-8-6-7-9-12(11)19(3,14)15/h6-9H,4-5,10H2,1-3H3. The summed E-state index contributed by atoms with van der Waals surface area (Å²) in [5.41, 5.74) is 0.454. The molecule has 1 rings (SSSR count). The highest BCUT2D eigenvalue weighted by molar-refractivity contribution is 7.90. The van der Waals surface area contributed by atoms with E-state index in [0.29, 0.717) is 5.56 Å². The van der Waals surface area contributed by atoms with Gasteiger partial charge >= 0.3 is 7.60 Å². The van der Waals surface area contributed by atoms with Gasteiger partial charge in [-0.3, -0.25) is 4.57 Å². The van der Waals surface area contributed by atoms with Gasteiger partial charge in [-0.1, -0.05) is 18.2 Å². The Morgan fingerprint density at radius 2 is 1.63 bits per heavy atom. The molecule has 0 aliphatic carbocycles. The van der Waals surface area contributed by atoms with Crippen LogP contribution in [0.2, 0.25) is 0 Å². The van der Waals surface area contributed by atoms with Crippen molar-refractivity contribution < 1.29 is 22.0 Å². The molecule has 0 atom stereocenters. The lowest BCUT2D eigenvalue weighted by Crippen LogP contribution is -2.05. The molecular weight excluding hydrogens is 287 g/mol. The predicted octanol–water partition coefficient (Wildman–Crippen LogP) is 2.86. The third kappa shape index (κ3) is 4.73. The maximum atomic E-state index is 12.4. The Balaban J connectivity index is 3.14. The molecule has 19 heavy (non-hydrogen) atoms. The van der Waals surface area contributed by atoms with Crippen molar-refractivity contribution >= 4 is 17.4 Å². The van der Waals surface area contributed by atoms with Crippen LogP contribution in [0.4, 0.5) is 0 Å². The van der Waals surface area contributed by atoms with Gasteiger partial charge in [0, 0.05) is 6.26 Å². The second kappa shape index (κ2) is 6.66. The van der Waals surface area contributed by atoms with Gasteiger partial charge in [0.25, 0.3) is 0 Å². The van der Waals surface area contributed by atoms with Crippen LogP contribution in [0.25, 0.3) is 0 Å². The molecule has 0 aliphatic heterocycles. The molecule has 0 heterocycles. The summed E-state index contributed by atoms with van der Waals surface area (Å²) in [6, 6.07) is 6.45. The maximum absolute atomic E-state index is 12.4. The lowest BCUT2D eigenvalue weighted by atomic mass is 10.2. The van der Waals surface area contributed by atoms with E-state index >= 15 is 0 Å². The van der Waals surface area contributed by atoms with Crippen molar-refractivity contribution in [3.05, 3.63) is 29.8 Å². The van der Waals surface area contributed by atoms with E-state index in [0.717, 1.165) is 6.26 Å². The van der Waals surface area contributed by atoms with Crippen LogP contribution in [-0.2, 0) is 29.6 Å². The highest BCUT2D eigenvalue weighted by Gasteiger charge is 2.27. The average Bonchev–Trinajstić information content (AvgIpc) is 2.28. The Morgan fingerprint density at radius 1 is 1.11 bits per heavy atom. The van der Waals surface area contributed by atoms with Crippen molar-refractivity contribution in [3.63, 3.8) is 0 Å². The smallest absolute Gasteiger partial charge is 0.309 e.